The average Bonchev–Trinajstić information content (AvgIpc) is 1.59. The van der Waals surface area contributed by atoms with Crippen molar-refractivity contribution in [2.75, 3.05) is 0 Å². The Kier molecular flexibility index (Phi) is 9.83. The first-order valence-electron chi connectivity index (χ1n) is 1.87. The van der Waals surface area contributed by atoms with Crippen LogP contribution in [0.3, 0.4) is 0 Å². The fourth-order valence-corrected chi connectivity index (χ4v) is 1.56. The average molecular weight is 401 g/mol. The zero-order chi connectivity index (χ0) is 8.58. The van der Waals surface area contributed by atoms with Crippen LogP contribution in [0, 0.1) is 0 Å². The Morgan fingerprint density at radius 3 is 1.08 bits per heavy atom. The molecule has 0 aromatic carbocycles. The van der Waals surface area contributed by atoms with Gasteiger partial charge in [-0.25, -0.2) is 0 Å². The van der Waals surface area contributed by atoms with Gasteiger partial charge < -0.3 is 33.8 Å². The zero-order valence-electron chi connectivity index (χ0n) is 5.00. The van der Waals surface area contributed by atoms with Gasteiger partial charge in [0.25, 0.3) is 0 Å². The first-order valence-corrected chi connectivity index (χ1v) is 5.09. The fraction of sp³-hybridized carbons (Fsp3) is 1.00. The Hall–Kier alpha value is 1.58. The molecular weight excluding hydrogens is 399 g/mol. The molecule has 0 aromatic heterocycles. The van der Waals surface area contributed by atoms with E-state index in [1.807, 2.05) is 0 Å². The third kappa shape index (κ3) is 7.03. The normalized spacial score (nSPS) is 11.8. The molecule has 0 saturated carbocycles. The van der Waals surface area contributed by atoms with Crippen LogP contribution in [0.5, 0.6) is 0 Å². The Bertz CT molecular complexity index is 181. The SMILES string of the molecule is O=P([O-])([O-])C(O)P(=O)([O-])[O-].[Pd+2].[Pd+2]. The Morgan fingerprint density at radius 2 is 1.08 bits per heavy atom. The smallest absolute Gasteiger partial charge is 0.809 e. The summed E-state index contributed by atoms with van der Waals surface area (Å²) < 4.78 is 19.3. The van der Waals surface area contributed by atoms with Crippen molar-refractivity contribution >= 4 is 15.2 Å². The van der Waals surface area contributed by atoms with E-state index in [1.165, 1.54) is 0 Å². The van der Waals surface area contributed by atoms with E-state index in [2.05, 4.69) is 0 Å². The summed E-state index contributed by atoms with van der Waals surface area (Å²) in [4.78, 5) is 38.5. The third-order valence-corrected chi connectivity index (χ3v) is 3.39. The topological polar surface area (TPSA) is 147 Å². The standard InChI is InChI=1S/CH6O7P2.2Pd/c2-1(9(3,4)5)10(6,7)8;;/h1-2H,(H2,3,4,5)(H2,6,7,8);;/q;2*+2/p-4. The van der Waals surface area contributed by atoms with Crippen LogP contribution in [-0.4, -0.2) is 10.7 Å². The van der Waals surface area contributed by atoms with Crippen LogP contribution < -0.4 is 19.6 Å². The molecule has 7 nitrogen and oxygen atoms in total. The van der Waals surface area contributed by atoms with Gasteiger partial charge in [0.15, 0.2) is 0 Å². The Morgan fingerprint density at radius 1 is 0.917 bits per heavy atom. The second-order valence-electron chi connectivity index (χ2n) is 1.43. The minimum Gasteiger partial charge on any atom is -0.809 e. The molecule has 0 bridgehead atoms. The first kappa shape index (κ1) is 19.2. The van der Waals surface area contributed by atoms with Crippen LogP contribution in [0.4, 0.5) is 0 Å². The van der Waals surface area contributed by atoms with E-state index in [4.69, 9.17) is 5.11 Å². The Balaban J connectivity index is -0.000000405. The van der Waals surface area contributed by atoms with Crippen molar-refractivity contribution in [3.05, 3.63) is 0 Å². The van der Waals surface area contributed by atoms with Crippen molar-refractivity contribution in [1.29, 1.82) is 0 Å². The number of aliphatic hydroxyl groups excluding tert-OH is 1. The molecule has 0 aromatic rings. The van der Waals surface area contributed by atoms with Crippen LogP contribution in [-0.2, 0) is 50.0 Å². The molecule has 0 aliphatic rings. The maximum Gasteiger partial charge on any atom is 2.00 e. The van der Waals surface area contributed by atoms with E-state index < -0.39 is 20.8 Å². The van der Waals surface area contributed by atoms with Crippen molar-refractivity contribution in [3.63, 3.8) is 0 Å². The number of rotatable bonds is 2. The van der Waals surface area contributed by atoms with Gasteiger partial charge in [-0.05, 0) is 15.2 Å². The fourth-order valence-electron chi connectivity index (χ4n) is 0.173. The van der Waals surface area contributed by atoms with Gasteiger partial charge in [-0.2, -0.15) is 0 Å². The van der Waals surface area contributed by atoms with Gasteiger partial charge in [0.05, 0.1) is 0 Å². The van der Waals surface area contributed by atoms with E-state index in [0.717, 1.165) is 0 Å². The van der Waals surface area contributed by atoms with Crippen molar-refractivity contribution in [3.8, 4) is 0 Å². The minimum atomic E-state index is -5.71. The molecule has 78 valence electrons. The molecule has 0 amide bonds. The van der Waals surface area contributed by atoms with E-state index in [0.29, 0.717) is 0 Å². The van der Waals surface area contributed by atoms with Gasteiger partial charge >= 0.3 is 40.8 Å². The molecule has 0 spiro atoms. The van der Waals surface area contributed by atoms with Crippen molar-refractivity contribution in [2.24, 2.45) is 0 Å². The van der Waals surface area contributed by atoms with Crippen LogP contribution >= 0.6 is 15.2 Å². The summed E-state index contributed by atoms with van der Waals surface area (Å²) in [5, 5.41) is 7.95. The molecule has 0 unspecified atom stereocenters. The summed E-state index contributed by atoms with van der Waals surface area (Å²) in [7, 11) is -11.4. The Labute approximate surface area is 95.2 Å². The predicted octanol–water partition coefficient (Wildman–Crippen LogP) is -3.92. The molecule has 1 N–H and O–H groups in total. The molecule has 0 aliphatic heterocycles. The first-order chi connectivity index (χ1) is 4.15. The molecule has 0 aliphatic carbocycles. The van der Waals surface area contributed by atoms with Gasteiger partial charge in [0, 0.05) is 0 Å². The van der Waals surface area contributed by atoms with E-state index in [9.17, 15) is 28.7 Å². The van der Waals surface area contributed by atoms with Crippen LogP contribution in [0.15, 0.2) is 0 Å². The summed E-state index contributed by atoms with van der Waals surface area (Å²) in [6.45, 7) is 0. The van der Waals surface area contributed by atoms with Crippen LogP contribution in [0.2, 0.25) is 0 Å². The molecular formula is CH2O7P2Pd2. The second kappa shape index (κ2) is 6.14. The van der Waals surface area contributed by atoms with Gasteiger partial charge in [-0.15, -0.1) is 0 Å². The maximum absolute atomic E-state index is 9.63. The van der Waals surface area contributed by atoms with E-state index in [-0.39, 0.29) is 40.8 Å². The molecule has 0 saturated heterocycles. The summed E-state index contributed by atoms with van der Waals surface area (Å²) in [5.74, 6) is 0. The van der Waals surface area contributed by atoms with Crippen LogP contribution in [0.1, 0.15) is 0 Å². The number of aliphatic hydroxyl groups is 1. The van der Waals surface area contributed by atoms with E-state index >= 15 is 0 Å². The molecule has 0 atom stereocenters. The number of hydrogen-bond acceptors (Lipinski definition) is 7. The van der Waals surface area contributed by atoms with Crippen molar-refractivity contribution in [2.45, 2.75) is 5.59 Å². The van der Waals surface area contributed by atoms with Gasteiger partial charge in [0.2, 0.25) is 0 Å². The van der Waals surface area contributed by atoms with Crippen molar-refractivity contribution in [1.82, 2.24) is 0 Å². The third-order valence-electron chi connectivity index (χ3n) is 0.566. The zero-order valence-corrected chi connectivity index (χ0v) is 9.90. The molecule has 11 heteroatoms. The summed E-state index contributed by atoms with van der Waals surface area (Å²) in [6, 6.07) is 0. The molecule has 0 heterocycles. The largest absolute Gasteiger partial charge is 2.00 e. The monoisotopic (exact) mass is 400 g/mol. The van der Waals surface area contributed by atoms with Gasteiger partial charge in [-0.3, -0.25) is 0 Å². The van der Waals surface area contributed by atoms with Crippen LogP contribution in [0.25, 0.3) is 0 Å². The predicted molar refractivity (Wildman–Crippen MR) is 21.2 cm³/mol. The summed E-state index contributed by atoms with van der Waals surface area (Å²) in [6.07, 6.45) is 0. The summed E-state index contributed by atoms with van der Waals surface area (Å²) >= 11 is 0. The second-order valence-corrected chi connectivity index (χ2v) is 4.97. The molecule has 12 heavy (non-hydrogen) atoms. The van der Waals surface area contributed by atoms with Crippen molar-refractivity contribution < 1.29 is 74.7 Å². The van der Waals surface area contributed by atoms with Gasteiger partial charge in [0.1, 0.15) is 5.59 Å². The number of hydrogen-bond donors (Lipinski definition) is 1. The minimum absolute atomic E-state index is 0. The van der Waals surface area contributed by atoms with E-state index in [1.54, 1.807) is 0 Å². The summed E-state index contributed by atoms with van der Waals surface area (Å²) in [5.41, 5.74) is -3.35. The molecule has 0 rings (SSSR count). The molecule has 0 radical (unpaired) electrons. The maximum atomic E-state index is 9.63. The quantitative estimate of drug-likeness (QED) is 0.368. The molecule has 0 fully saturated rings. The van der Waals surface area contributed by atoms with Gasteiger partial charge in [-0.1, -0.05) is 0 Å².